The average molecular weight is 341 g/mol. The molecule has 0 bridgehead atoms. The summed E-state index contributed by atoms with van der Waals surface area (Å²) >= 11 is 0. The molecule has 0 N–H and O–H groups in total. The Kier molecular flexibility index (Phi) is 3.31. The van der Waals surface area contributed by atoms with Crippen molar-refractivity contribution in [2.45, 2.75) is 11.8 Å². The second-order valence-corrected chi connectivity index (χ2v) is 6.96. The van der Waals surface area contributed by atoms with Crippen LogP contribution >= 0.6 is 0 Å². The highest BCUT2D eigenvalue weighted by Gasteiger charge is 2.14. The summed E-state index contributed by atoms with van der Waals surface area (Å²) in [6.07, 6.45) is 0. The molecular weight excluding hydrogens is 328 g/mol. The summed E-state index contributed by atoms with van der Waals surface area (Å²) in [6, 6.07) is 13.5. The van der Waals surface area contributed by atoms with E-state index in [4.69, 9.17) is 9.47 Å². The zero-order valence-electron chi connectivity index (χ0n) is 12.8. The molecule has 1 aliphatic heterocycles. The summed E-state index contributed by atoms with van der Waals surface area (Å²) in [7, 11) is -3.91. The molecule has 0 spiro atoms. The van der Waals surface area contributed by atoms with Crippen LogP contribution in [0.4, 0.5) is 5.69 Å². The maximum atomic E-state index is 12.7. The fraction of sp³-hybridized carbons (Fsp3) is 0.118. The Labute approximate surface area is 139 Å². The van der Waals surface area contributed by atoms with Crippen LogP contribution in [-0.4, -0.2) is 20.2 Å². The van der Waals surface area contributed by atoms with Crippen molar-refractivity contribution in [3.8, 4) is 11.5 Å². The second kappa shape index (κ2) is 5.38. The predicted octanol–water partition coefficient (Wildman–Crippen LogP) is 3.67. The quantitative estimate of drug-likeness (QED) is 0.726. The molecule has 2 heterocycles. The standard InChI is InChI=1S/C17H13N2O4S/c1-11-5-6-12-3-2-4-16(17(12)18-11)24(20,21)19-13-7-8-14-15(9-13)23-10-22-14/h2-9H,10H2,1H3/q-1. The van der Waals surface area contributed by atoms with Crippen LogP contribution in [0.1, 0.15) is 5.69 Å². The number of nitrogens with zero attached hydrogens (tertiary/aromatic N) is 2. The number of rotatable bonds is 3. The van der Waals surface area contributed by atoms with Gasteiger partial charge in [0.1, 0.15) is 10.0 Å². The van der Waals surface area contributed by atoms with Crippen molar-refractivity contribution in [3.63, 3.8) is 0 Å². The number of aryl methyl sites for hydroxylation is 1. The molecule has 0 radical (unpaired) electrons. The minimum Gasteiger partial charge on any atom is -0.573 e. The fourth-order valence-electron chi connectivity index (χ4n) is 2.56. The van der Waals surface area contributed by atoms with Crippen LogP contribution in [0.5, 0.6) is 11.5 Å². The first-order valence-corrected chi connectivity index (χ1v) is 8.71. The Morgan fingerprint density at radius 2 is 1.88 bits per heavy atom. The monoisotopic (exact) mass is 341 g/mol. The summed E-state index contributed by atoms with van der Waals surface area (Å²) in [4.78, 5) is 4.44. The third kappa shape index (κ3) is 2.52. The lowest BCUT2D eigenvalue weighted by molar-refractivity contribution is 0.174. The van der Waals surface area contributed by atoms with Gasteiger partial charge in [-0.3, -0.25) is 4.98 Å². The lowest BCUT2D eigenvalue weighted by Crippen LogP contribution is -2.00. The molecule has 1 aliphatic rings. The molecule has 0 amide bonds. The van der Waals surface area contributed by atoms with Gasteiger partial charge in [-0.05, 0) is 31.2 Å². The van der Waals surface area contributed by atoms with Gasteiger partial charge in [0.15, 0.2) is 11.5 Å². The van der Waals surface area contributed by atoms with Crippen LogP contribution in [0.3, 0.4) is 0 Å². The van der Waals surface area contributed by atoms with Crippen molar-refractivity contribution in [3.05, 3.63) is 58.9 Å². The SMILES string of the molecule is Cc1ccc2cccc(S(=O)(=O)[N-]c3ccc4c(c3)OCO4)c2n1. The van der Waals surface area contributed by atoms with Crippen molar-refractivity contribution in [2.75, 3.05) is 6.79 Å². The Balaban J connectivity index is 1.77. The number of para-hydroxylation sites is 1. The number of benzene rings is 2. The molecular formula is C17H13N2O4S-. The highest BCUT2D eigenvalue weighted by Crippen LogP contribution is 2.39. The Morgan fingerprint density at radius 1 is 1.04 bits per heavy atom. The first kappa shape index (κ1) is 14.8. The first-order valence-electron chi connectivity index (χ1n) is 7.27. The molecule has 3 aromatic rings. The summed E-state index contributed by atoms with van der Waals surface area (Å²) in [5.41, 5.74) is 1.44. The number of ether oxygens (including phenoxy) is 2. The maximum absolute atomic E-state index is 12.7. The van der Waals surface area contributed by atoms with Gasteiger partial charge in [-0.1, -0.05) is 24.3 Å². The zero-order chi connectivity index (χ0) is 16.7. The topological polar surface area (TPSA) is 79.6 Å². The number of hydrogen-bond acceptors (Lipinski definition) is 5. The molecule has 24 heavy (non-hydrogen) atoms. The number of hydrogen-bond donors (Lipinski definition) is 0. The van der Waals surface area contributed by atoms with Gasteiger partial charge in [-0.25, -0.2) is 8.42 Å². The van der Waals surface area contributed by atoms with Gasteiger partial charge in [0.05, 0.1) is 10.4 Å². The van der Waals surface area contributed by atoms with E-state index >= 15 is 0 Å². The summed E-state index contributed by atoms with van der Waals surface area (Å²) < 4.78 is 39.9. The van der Waals surface area contributed by atoms with Gasteiger partial charge in [-0.2, -0.15) is 0 Å². The number of pyridine rings is 1. The molecule has 0 fully saturated rings. The molecule has 1 aromatic heterocycles. The van der Waals surface area contributed by atoms with E-state index in [1.165, 1.54) is 6.07 Å². The van der Waals surface area contributed by atoms with E-state index in [9.17, 15) is 8.42 Å². The lowest BCUT2D eigenvalue weighted by Gasteiger charge is -2.22. The molecule has 0 unspecified atom stereocenters. The molecule has 0 saturated heterocycles. The first-order chi connectivity index (χ1) is 11.5. The van der Waals surface area contributed by atoms with E-state index in [2.05, 4.69) is 9.71 Å². The summed E-state index contributed by atoms with van der Waals surface area (Å²) in [5.74, 6) is 1.06. The van der Waals surface area contributed by atoms with Gasteiger partial charge < -0.3 is 14.2 Å². The van der Waals surface area contributed by atoms with E-state index < -0.39 is 10.0 Å². The lowest BCUT2D eigenvalue weighted by atomic mass is 10.2. The predicted molar refractivity (Wildman–Crippen MR) is 89.2 cm³/mol. The van der Waals surface area contributed by atoms with Gasteiger partial charge in [-0.15, -0.1) is 5.69 Å². The molecule has 7 heteroatoms. The van der Waals surface area contributed by atoms with Crippen molar-refractivity contribution >= 4 is 26.6 Å². The van der Waals surface area contributed by atoms with Crippen LogP contribution in [-0.2, 0) is 10.0 Å². The van der Waals surface area contributed by atoms with Crippen LogP contribution in [0.15, 0.2) is 53.4 Å². The van der Waals surface area contributed by atoms with Gasteiger partial charge in [0.25, 0.3) is 0 Å². The minimum atomic E-state index is -3.91. The van der Waals surface area contributed by atoms with Crippen LogP contribution < -0.4 is 9.47 Å². The fourth-order valence-corrected chi connectivity index (χ4v) is 3.70. The third-order valence-electron chi connectivity index (χ3n) is 3.68. The van der Waals surface area contributed by atoms with Crippen molar-refractivity contribution < 1.29 is 17.9 Å². The molecule has 122 valence electrons. The molecule has 0 aliphatic carbocycles. The van der Waals surface area contributed by atoms with E-state index in [0.29, 0.717) is 17.0 Å². The molecule has 2 aromatic carbocycles. The van der Waals surface area contributed by atoms with Crippen LogP contribution in [0, 0.1) is 6.92 Å². The van der Waals surface area contributed by atoms with Gasteiger partial charge in [0, 0.05) is 11.1 Å². The average Bonchev–Trinajstić information content (AvgIpc) is 3.01. The van der Waals surface area contributed by atoms with Gasteiger partial charge >= 0.3 is 0 Å². The van der Waals surface area contributed by atoms with E-state index in [-0.39, 0.29) is 17.4 Å². The smallest absolute Gasteiger partial charge is 0.231 e. The second-order valence-electron chi connectivity index (χ2n) is 5.38. The van der Waals surface area contributed by atoms with Crippen LogP contribution in [0.25, 0.3) is 15.6 Å². The normalized spacial score (nSPS) is 13.2. The molecule has 0 saturated carbocycles. The number of fused-ring (bicyclic) bond motifs is 2. The van der Waals surface area contributed by atoms with E-state index in [1.807, 2.05) is 25.1 Å². The van der Waals surface area contributed by atoms with Crippen molar-refractivity contribution in [2.24, 2.45) is 0 Å². The summed E-state index contributed by atoms with van der Waals surface area (Å²) in [5, 5.41) is 0.752. The number of sulfonamides is 1. The van der Waals surface area contributed by atoms with Crippen LogP contribution in [0.2, 0.25) is 0 Å². The van der Waals surface area contributed by atoms with E-state index in [1.54, 1.807) is 24.3 Å². The Bertz CT molecular complexity index is 1050. The van der Waals surface area contributed by atoms with Crippen molar-refractivity contribution in [1.29, 1.82) is 0 Å². The summed E-state index contributed by atoms with van der Waals surface area (Å²) in [6.45, 7) is 1.94. The minimum absolute atomic E-state index is 0.0846. The highest BCUT2D eigenvalue weighted by atomic mass is 32.2. The molecule has 0 atom stereocenters. The largest absolute Gasteiger partial charge is 0.573 e. The van der Waals surface area contributed by atoms with Crippen molar-refractivity contribution in [1.82, 2.24) is 4.98 Å². The Hall–Kier alpha value is -2.80. The maximum Gasteiger partial charge on any atom is 0.231 e. The van der Waals surface area contributed by atoms with E-state index in [0.717, 1.165) is 11.1 Å². The van der Waals surface area contributed by atoms with Gasteiger partial charge in [0.2, 0.25) is 6.79 Å². The highest BCUT2D eigenvalue weighted by molar-refractivity contribution is 7.94. The zero-order valence-corrected chi connectivity index (χ0v) is 13.6. The molecule has 4 rings (SSSR count). The molecule has 6 nitrogen and oxygen atoms in total. The third-order valence-corrected chi connectivity index (χ3v) is 5.02. The Morgan fingerprint density at radius 3 is 2.75 bits per heavy atom. The number of aromatic nitrogens is 1.